The molecule has 0 aliphatic carbocycles. The van der Waals surface area contributed by atoms with Gasteiger partial charge in [-0.05, 0) is 36.8 Å². The molecule has 2 aromatic rings. The lowest BCUT2D eigenvalue weighted by molar-refractivity contribution is -0.138. The van der Waals surface area contributed by atoms with Gasteiger partial charge in [0.15, 0.2) is 5.16 Å². The van der Waals surface area contributed by atoms with Gasteiger partial charge in [-0.15, -0.1) is 0 Å². The minimum absolute atomic E-state index is 0.125. The van der Waals surface area contributed by atoms with E-state index in [1.54, 1.807) is 25.3 Å². The Balaban J connectivity index is 1.71. The number of imidazole rings is 1. The lowest BCUT2D eigenvalue weighted by Gasteiger charge is -2.20. The minimum atomic E-state index is -0.456. The second kappa shape index (κ2) is 8.05. The summed E-state index contributed by atoms with van der Waals surface area (Å²) in [6.07, 6.45) is 1.65. The van der Waals surface area contributed by atoms with Gasteiger partial charge >= 0.3 is 12.0 Å². The Bertz CT molecular complexity index is 848. The first-order chi connectivity index (χ1) is 12.6. The normalized spacial score (nSPS) is 14.0. The van der Waals surface area contributed by atoms with Crippen molar-refractivity contribution in [3.8, 4) is 11.3 Å². The second-order valence-electron chi connectivity index (χ2n) is 5.38. The largest absolute Gasteiger partial charge is 0.463 e. The Morgan fingerprint density at radius 3 is 2.85 bits per heavy atom. The van der Waals surface area contributed by atoms with Gasteiger partial charge in [0.1, 0.15) is 5.82 Å². The molecule has 0 radical (unpaired) electrons. The summed E-state index contributed by atoms with van der Waals surface area (Å²) < 4.78 is 18.0. The Kier molecular flexibility index (Phi) is 5.57. The van der Waals surface area contributed by atoms with Crippen LogP contribution >= 0.6 is 11.8 Å². The highest BCUT2D eigenvalue weighted by Gasteiger charge is 2.23. The average molecular weight is 376 g/mol. The fourth-order valence-corrected chi connectivity index (χ4v) is 3.20. The zero-order valence-corrected chi connectivity index (χ0v) is 14.8. The van der Waals surface area contributed by atoms with Crippen LogP contribution in [0.15, 0.2) is 46.9 Å². The first kappa shape index (κ1) is 18.0. The summed E-state index contributed by atoms with van der Waals surface area (Å²) in [7, 11) is 0. The number of nitrogens with zero attached hydrogens (tertiary/aromatic N) is 1. The molecule has 9 heteroatoms. The van der Waals surface area contributed by atoms with Crippen molar-refractivity contribution in [2.24, 2.45) is 0 Å². The van der Waals surface area contributed by atoms with Crippen molar-refractivity contribution in [1.82, 2.24) is 20.6 Å². The molecular formula is C17H17FN4O3S. The van der Waals surface area contributed by atoms with E-state index in [1.165, 1.54) is 23.9 Å². The number of urea groups is 1. The number of hydrogen-bond donors (Lipinski definition) is 3. The monoisotopic (exact) mass is 376 g/mol. The number of halogens is 1. The standard InChI is InChI=1S/C17H17FN4O3S/c1-2-25-15(23)12-7-19-16(24)21-14(12)9-26-17-20-8-13(22-17)10-3-5-11(18)6-4-10/h3-6,8H,2,7,9H2,1H3,(H,20,22)(H2,19,21,24). The van der Waals surface area contributed by atoms with E-state index >= 15 is 0 Å². The van der Waals surface area contributed by atoms with Crippen LogP contribution < -0.4 is 10.6 Å². The van der Waals surface area contributed by atoms with Crippen molar-refractivity contribution >= 4 is 23.8 Å². The van der Waals surface area contributed by atoms with E-state index in [0.29, 0.717) is 22.2 Å². The molecular weight excluding hydrogens is 359 g/mol. The van der Waals surface area contributed by atoms with Crippen molar-refractivity contribution in [3.05, 3.63) is 47.5 Å². The van der Waals surface area contributed by atoms with Crippen LogP contribution in [0.3, 0.4) is 0 Å². The van der Waals surface area contributed by atoms with Crippen molar-refractivity contribution in [2.45, 2.75) is 12.1 Å². The summed E-state index contributed by atoms with van der Waals surface area (Å²) in [6, 6.07) is 5.71. The Morgan fingerprint density at radius 1 is 1.35 bits per heavy atom. The SMILES string of the molecule is CCOC(=O)C1=C(CSc2ncc(-c3ccc(F)cc3)[nH]2)NC(=O)NC1. The molecule has 1 aromatic carbocycles. The summed E-state index contributed by atoms with van der Waals surface area (Å²) in [6.45, 7) is 2.11. The molecule has 0 atom stereocenters. The number of thioether (sulfide) groups is 1. The number of esters is 1. The molecule has 0 saturated carbocycles. The summed E-state index contributed by atoms with van der Waals surface area (Å²) in [5.41, 5.74) is 2.45. The zero-order chi connectivity index (χ0) is 18.5. The third-order valence-corrected chi connectivity index (χ3v) is 4.55. The first-order valence-corrected chi connectivity index (χ1v) is 8.93. The number of carbonyl (C=O) groups excluding carboxylic acids is 2. The van der Waals surface area contributed by atoms with E-state index in [1.807, 2.05) is 0 Å². The minimum Gasteiger partial charge on any atom is -0.463 e. The van der Waals surface area contributed by atoms with Crippen molar-refractivity contribution in [3.63, 3.8) is 0 Å². The second-order valence-corrected chi connectivity index (χ2v) is 6.35. The van der Waals surface area contributed by atoms with Crippen LogP contribution in [0.2, 0.25) is 0 Å². The molecule has 2 heterocycles. The maximum absolute atomic E-state index is 13.0. The number of benzene rings is 1. The van der Waals surface area contributed by atoms with E-state index in [2.05, 4.69) is 20.6 Å². The highest BCUT2D eigenvalue weighted by atomic mass is 32.2. The van der Waals surface area contributed by atoms with Gasteiger partial charge in [-0.2, -0.15) is 0 Å². The van der Waals surface area contributed by atoms with E-state index in [-0.39, 0.29) is 25.0 Å². The highest BCUT2D eigenvalue weighted by Crippen LogP contribution is 2.24. The van der Waals surface area contributed by atoms with Crippen molar-refractivity contribution in [1.29, 1.82) is 0 Å². The lowest BCUT2D eigenvalue weighted by atomic mass is 10.2. The van der Waals surface area contributed by atoms with Crippen LogP contribution in [0.4, 0.5) is 9.18 Å². The molecule has 7 nitrogen and oxygen atoms in total. The van der Waals surface area contributed by atoms with Gasteiger partial charge in [0.05, 0.1) is 30.6 Å². The number of ether oxygens (including phenoxy) is 1. The summed E-state index contributed by atoms with van der Waals surface area (Å²) in [5, 5.41) is 5.82. The van der Waals surface area contributed by atoms with Gasteiger partial charge < -0.3 is 20.4 Å². The number of aromatic nitrogens is 2. The van der Waals surface area contributed by atoms with Crippen molar-refractivity contribution in [2.75, 3.05) is 18.9 Å². The number of amides is 2. The Hall–Kier alpha value is -2.81. The molecule has 1 aliphatic heterocycles. The van der Waals surface area contributed by atoms with Crippen LogP contribution in [0.1, 0.15) is 6.92 Å². The van der Waals surface area contributed by atoms with Crippen LogP contribution in [0.5, 0.6) is 0 Å². The molecule has 0 unspecified atom stereocenters. The quantitative estimate of drug-likeness (QED) is 0.532. The van der Waals surface area contributed by atoms with Crippen LogP contribution in [-0.2, 0) is 9.53 Å². The number of hydrogen-bond acceptors (Lipinski definition) is 5. The maximum Gasteiger partial charge on any atom is 0.337 e. The number of carbonyl (C=O) groups is 2. The predicted octanol–water partition coefficient (Wildman–Crippen LogP) is 2.44. The molecule has 0 fully saturated rings. The topological polar surface area (TPSA) is 96.1 Å². The smallest absolute Gasteiger partial charge is 0.337 e. The maximum atomic E-state index is 13.0. The molecule has 26 heavy (non-hydrogen) atoms. The molecule has 1 aromatic heterocycles. The molecule has 2 amide bonds. The van der Waals surface area contributed by atoms with Crippen molar-refractivity contribution < 1.29 is 18.7 Å². The summed E-state index contributed by atoms with van der Waals surface area (Å²) >= 11 is 1.34. The third kappa shape index (κ3) is 4.23. The number of H-pyrrole nitrogens is 1. The Labute approximate surface area is 153 Å². The van der Waals surface area contributed by atoms with Gasteiger partial charge in [-0.25, -0.2) is 19.0 Å². The highest BCUT2D eigenvalue weighted by molar-refractivity contribution is 7.99. The van der Waals surface area contributed by atoms with Gasteiger partial charge in [0.25, 0.3) is 0 Å². The van der Waals surface area contributed by atoms with Gasteiger partial charge in [0.2, 0.25) is 0 Å². The fourth-order valence-electron chi connectivity index (χ4n) is 2.36. The van der Waals surface area contributed by atoms with E-state index in [4.69, 9.17) is 4.74 Å². The van der Waals surface area contributed by atoms with Crippen LogP contribution in [0, 0.1) is 5.82 Å². The molecule has 0 bridgehead atoms. The molecule has 0 saturated heterocycles. The summed E-state index contributed by atoms with van der Waals surface area (Å²) in [5.74, 6) is -0.414. The third-order valence-electron chi connectivity index (χ3n) is 3.64. The number of rotatable bonds is 6. The van der Waals surface area contributed by atoms with Crippen LogP contribution in [0.25, 0.3) is 11.3 Å². The van der Waals surface area contributed by atoms with Gasteiger partial charge in [-0.3, -0.25) is 0 Å². The number of nitrogens with one attached hydrogen (secondary N) is 3. The fraction of sp³-hybridized carbons (Fsp3) is 0.235. The van der Waals surface area contributed by atoms with Crippen LogP contribution in [-0.4, -0.2) is 40.9 Å². The van der Waals surface area contributed by atoms with E-state index in [0.717, 1.165) is 11.3 Å². The Morgan fingerprint density at radius 2 is 2.12 bits per heavy atom. The van der Waals surface area contributed by atoms with Gasteiger partial charge in [-0.1, -0.05) is 11.8 Å². The molecule has 1 aliphatic rings. The lowest BCUT2D eigenvalue weighted by Crippen LogP contribution is -2.44. The average Bonchev–Trinajstić information content (AvgIpc) is 3.10. The first-order valence-electron chi connectivity index (χ1n) is 7.94. The van der Waals surface area contributed by atoms with E-state index < -0.39 is 5.97 Å². The van der Waals surface area contributed by atoms with Gasteiger partial charge in [0, 0.05) is 11.4 Å². The summed E-state index contributed by atoms with van der Waals surface area (Å²) in [4.78, 5) is 31.0. The zero-order valence-electron chi connectivity index (χ0n) is 14.0. The molecule has 0 spiro atoms. The van der Waals surface area contributed by atoms with E-state index in [9.17, 15) is 14.0 Å². The molecule has 136 valence electrons. The molecule has 3 N–H and O–H groups in total. The molecule has 3 rings (SSSR count). The predicted molar refractivity (Wildman–Crippen MR) is 94.9 cm³/mol. The number of aromatic amines is 1.